The Labute approximate surface area is 43.4 Å². The first-order valence-corrected chi connectivity index (χ1v) is 5.72. The van der Waals surface area contributed by atoms with Crippen LogP contribution in [-0.2, 0) is 0 Å². The van der Waals surface area contributed by atoms with Crippen LogP contribution < -0.4 is 0 Å². The molecular formula is C2H6Cl2Si. The monoisotopic (exact) mass is 128 g/mol. The van der Waals surface area contributed by atoms with Crippen LogP contribution >= 0.6 is 22.7 Å². The van der Waals surface area contributed by atoms with E-state index in [0.717, 1.165) is 0 Å². The fourth-order valence-corrected chi connectivity index (χ4v) is 0. The van der Waals surface area contributed by atoms with Gasteiger partial charge in [-0.1, -0.05) is 6.55 Å². The van der Waals surface area contributed by atoms with Crippen molar-refractivity contribution in [1.82, 2.24) is 0 Å². The molecule has 0 nitrogen and oxygen atoms in total. The van der Waals surface area contributed by atoms with Crippen molar-refractivity contribution in [2.45, 2.75) is 6.55 Å². The van der Waals surface area contributed by atoms with Gasteiger partial charge < -0.3 is 0 Å². The summed E-state index contributed by atoms with van der Waals surface area (Å²) in [6.07, 6.45) is 0. The second kappa shape index (κ2) is 3.01. The summed E-state index contributed by atoms with van der Waals surface area (Å²) in [5.41, 5.74) is 0.682. The van der Waals surface area contributed by atoms with Crippen molar-refractivity contribution in [3.05, 3.63) is 0 Å². The summed E-state index contributed by atoms with van der Waals surface area (Å²) < 4.78 is 0. The van der Waals surface area contributed by atoms with Gasteiger partial charge >= 0.3 is 0 Å². The average Bonchev–Trinajstić information content (AvgIpc) is 1.38. The zero-order valence-corrected chi connectivity index (χ0v) is 5.71. The Morgan fingerprint density at radius 2 is 2.00 bits per heavy atom. The van der Waals surface area contributed by atoms with Gasteiger partial charge in [0.1, 0.15) is 0 Å². The van der Waals surface area contributed by atoms with Crippen LogP contribution in [0.25, 0.3) is 0 Å². The maximum absolute atomic E-state index is 5.47. The first-order valence-electron chi connectivity index (χ1n) is 1.47. The lowest BCUT2D eigenvalue weighted by Gasteiger charge is -1.82. The minimum Gasteiger partial charge on any atom is -0.171 e. The number of hydrogen-bond donors (Lipinski definition) is 0. The van der Waals surface area contributed by atoms with Gasteiger partial charge in [-0.25, -0.2) is 0 Å². The van der Waals surface area contributed by atoms with E-state index in [0.29, 0.717) is 5.50 Å². The van der Waals surface area contributed by atoms with E-state index in [-0.39, 0.29) is 0 Å². The van der Waals surface area contributed by atoms with Crippen LogP contribution in [0.4, 0.5) is 0 Å². The molecule has 0 rings (SSSR count). The Morgan fingerprint density at radius 3 is 2.00 bits per heavy atom. The molecule has 0 aromatic rings. The summed E-state index contributed by atoms with van der Waals surface area (Å²) in [5.74, 6) is 0. The van der Waals surface area contributed by atoms with E-state index in [9.17, 15) is 0 Å². The molecular weight excluding hydrogens is 123 g/mol. The Balaban J connectivity index is 2.54. The third kappa shape index (κ3) is 4.80. The molecule has 0 heterocycles. The smallest absolute Gasteiger partial charge is 0.152 e. The van der Waals surface area contributed by atoms with Crippen LogP contribution in [0, 0.1) is 0 Å². The predicted octanol–water partition coefficient (Wildman–Crippen LogP) is 1.36. The molecule has 0 N–H and O–H groups in total. The van der Waals surface area contributed by atoms with Gasteiger partial charge in [-0.15, -0.1) is 11.6 Å². The minimum absolute atomic E-state index is 0.682. The van der Waals surface area contributed by atoms with E-state index in [2.05, 4.69) is 0 Å². The van der Waals surface area contributed by atoms with E-state index in [1.807, 2.05) is 6.55 Å². The molecule has 1 unspecified atom stereocenters. The Morgan fingerprint density at radius 1 is 1.80 bits per heavy atom. The molecule has 32 valence electrons. The van der Waals surface area contributed by atoms with Crippen LogP contribution in [-0.4, -0.2) is 13.6 Å². The van der Waals surface area contributed by atoms with Gasteiger partial charge in [0.2, 0.25) is 0 Å². The van der Waals surface area contributed by atoms with Gasteiger partial charge in [-0.2, -0.15) is 11.1 Å². The molecule has 0 aromatic carbocycles. The summed E-state index contributed by atoms with van der Waals surface area (Å²) in [5, 5.41) is 0. The van der Waals surface area contributed by atoms with E-state index >= 15 is 0 Å². The summed E-state index contributed by atoms with van der Waals surface area (Å²) >= 11 is 10.7. The first kappa shape index (κ1) is 5.80. The Bertz CT molecular complexity index is 21.6. The number of alkyl halides is 1. The van der Waals surface area contributed by atoms with Gasteiger partial charge in [-0.05, 0) is 0 Å². The normalized spacial score (nSPS) is 15.0. The highest BCUT2D eigenvalue weighted by atomic mass is 35.6. The summed E-state index contributed by atoms with van der Waals surface area (Å²) in [7, 11) is -0.912. The zero-order valence-electron chi connectivity index (χ0n) is 3.04. The van der Waals surface area contributed by atoms with Crippen LogP contribution in [0.15, 0.2) is 0 Å². The highest BCUT2D eigenvalue weighted by Gasteiger charge is 1.89. The van der Waals surface area contributed by atoms with Gasteiger partial charge in [-0.3, -0.25) is 0 Å². The van der Waals surface area contributed by atoms with Gasteiger partial charge in [0, 0.05) is 5.50 Å². The van der Waals surface area contributed by atoms with E-state index < -0.39 is 8.11 Å². The Kier molecular flexibility index (Phi) is 3.48. The first-order chi connectivity index (χ1) is 2.27. The fourth-order valence-electron chi connectivity index (χ4n) is 0. The SMILES string of the molecule is C[SiH](Cl)CCl. The third-order valence-corrected chi connectivity index (χ3v) is 2.96. The third-order valence-electron chi connectivity index (χ3n) is 0.213. The molecule has 0 amide bonds. The molecule has 0 aliphatic carbocycles. The minimum atomic E-state index is -0.912. The van der Waals surface area contributed by atoms with E-state index in [1.165, 1.54) is 0 Å². The van der Waals surface area contributed by atoms with Crippen LogP contribution in [0.2, 0.25) is 6.55 Å². The standard InChI is InChI=1S/C2H6Cl2Si/c1-5(4)2-3/h5H,2H2,1H3. The largest absolute Gasteiger partial charge is 0.171 e. The highest BCUT2D eigenvalue weighted by molar-refractivity contribution is 7.08. The van der Waals surface area contributed by atoms with Crippen molar-refractivity contribution in [1.29, 1.82) is 0 Å². The van der Waals surface area contributed by atoms with Gasteiger partial charge in [0.25, 0.3) is 0 Å². The van der Waals surface area contributed by atoms with Crippen molar-refractivity contribution < 1.29 is 0 Å². The molecule has 3 heteroatoms. The molecule has 0 aromatic heterocycles. The highest BCUT2D eigenvalue weighted by Crippen LogP contribution is 1.88. The molecule has 0 bridgehead atoms. The number of halogens is 2. The average molecular weight is 129 g/mol. The van der Waals surface area contributed by atoms with Crippen molar-refractivity contribution in [3.8, 4) is 0 Å². The molecule has 1 atom stereocenters. The van der Waals surface area contributed by atoms with Crippen molar-refractivity contribution in [2.75, 3.05) is 5.50 Å². The molecule has 0 saturated heterocycles. The van der Waals surface area contributed by atoms with E-state index in [1.54, 1.807) is 0 Å². The van der Waals surface area contributed by atoms with Crippen LogP contribution in [0.3, 0.4) is 0 Å². The van der Waals surface area contributed by atoms with Gasteiger partial charge in [0.05, 0.1) is 0 Å². The lowest BCUT2D eigenvalue weighted by molar-refractivity contribution is 2.00. The zero-order chi connectivity index (χ0) is 4.28. The topological polar surface area (TPSA) is 0 Å². The molecule has 0 fully saturated rings. The summed E-state index contributed by atoms with van der Waals surface area (Å²) in [6.45, 7) is 1.99. The molecule has 0 saturated carbocycles. The van der Waals surface area contributed by atoms with Crippen molar-refractivity contribution in [2.24, 2.45) is 0 Å². The van der Waals surface area contributed by atoms with Crippen LogP contribution in [0.1, 0.15) is 0 Å². The van der Waals surface area contributed by atoms with Gasteiger partial charge in [0.15, 0.2) is 8.11 Å². The van der Waals surface area contributed by atoms with Crippen molar-refractivity contribution >= 4 is 30.8 Å². The lowest BCUT2D eigenvalue weighted by atomic mass is 11.9. The fraction of sp³-hybridized carbons (Fsp3) is 1.00. The molecule has 5 heavy (non-hydrogen) atoms. The summed E-state index contributed by atoms with van der Waals surface area (Å²) in [4.78, 5) is 0. The van der Waals surface area contributed by atoms with Crippen molar-refractivity contribution in [3.63, 3.8) is 0 Å². The quantitative estimate of drug-likeness (QED) is 0.285. The summed E-state index contributed by atoms with van der Waals surface area (Å²) in [6, 6.07) is 0. The van der Waals surface area contributed by atoms with Crippen LogP contribution in [0.5, 0.6) is 0 Å². The predicted molar refractivity (Wildman–Crippen MR) is 29.6 cm³/mol. The molecule has 0 spiro atoms. The molecule has 0 aliphatic rings. The molecule has 0 aliphatic heterocycles. The second-order valence-corrected chi connectivity index (χ2v) is 5.97. The number of rotatable bonds is 1. The lowest BCUT2D eigenvalue weighted by Crippen LogP contribution is -1.95. The number of hydrogen-bond acceptors (Lipinski definition) is 0. The Hall–Kier alpha value is 0.797. The molecule has 0 radical (unpaired) electrons. The maximum atomic E-state index is 5.47. The van der Waals surface area contributed by atoms with E-state index in [4.69, 9.17) is 22.7 Å². The maximum Gasteiger partial charge on any atom is 0.152 e. The second-order valence-electron chi connectivity index (χ2n) is 0.935.